The summed E-state index contributed by atoms with van der Waals surface area (Å²) in [5, 5.41) is 4.34. The van der Waals surface area contributed by atoms with Gasteiger partial charge in [0.2, 0.25) is 0 Å². The van der Waals surface area contributed by atoms with Crippen molar-refractivity contribution in [3.05, 3.63) is 28.8 Å². The lowest BCUT2D eigenvalue weighted by Crippen LogP contribution is -2.28. The van der Waals surface area contributed by atoms with Crippen LogP contribution in [-0.2, 0) is 6.54 Å². The summed E-state index contributed by atoms with van der Waals surface area (Å²) in [5.74, 6) is 0.911. The lowest BCUT2D eigenvalue weighted by Gasteiger charge is -2.27. The van der Waals surface area contributed by atoms with Crippen LogP contribution in [0, 0.1) is 5.92 Å². The molecule has 0 aromatic heterocycles. The van der Waals surface area contributed by atoms with Crippen molar-refractivity contribution < 1.29 is 0 Å². The van der Waals surface area contributed by atoms with Gasteiger partial charge in [0.15, 0.2) is 0 Å². The topological polar surface area (TPSA) is 15.3 Å². The van der Waals surface area contributed by atoms with E-state index < -0.39 is 0 Å². The highest BCUT2D eigenvalue weighted by atomic mass is 35.5. The first kappa shape index (κ1) is 15.7. The van der Waals surface area contributed by atoms with Gasteiger partial charge in [0.05, 0.1) is 0 Å². The van der Waals surface area contributed by atoms with Crippen molar-refractivity contribution in [1.82, 2.24) is 5.32 Å². The summed E-state index contributed by atoms with van der Waals surface area (Å²) in [7, 11) is 0. The molecular weight excluding hydrogens is 268 g/mol. The molecule has 1 aliphatic rings. The van der Waals surface area contributed by atoms with E-state index in [9.17, 15) is 0 Å². The number of nitrogens with zero attached hydrogens (tertiary/aromatic N) is 1. The van der Waals surface area contributed by atoms with E-state index in [-0.39, 0.29) is 0 Å². The Kier molecular flexibility index (Phi) is 6.18. The van der Waals surface area contributed by atoms with E-state index in [4.69, 9.17) is 11.6 Å². The molecule has 0 bridgehead atoms. The van der Waals surface area contributed by atoms with Gasteiger partial charge in [-0.25, -0.2) is 0 Å². The van der Waals surface area contributed by atoms with Gasteiger partial charge in [-0.15, -0.1) is 0 Å². The minimum absolute atomic E-state index is 0.838. The van der Waals surface area contributed by atoms with Gasteiger partial charge < -0.3 is 10.2 Å². The lowest BCUT2D eigenvalue weighted by atomic mass is 10.1. The summed E-state index contributed by atoms with van der Waals surface area (Å²) in [5.41, 5.74) is 2.70. The Morgan fingerprint density at radius 3 is 2.70 bits per heavy atom. The predicted molar refractivity (Wildman–Crippen MR) is 88.7 cm³/mol. The Bertz CT molecular complexity index is 415. The average Bonchev–Trinajstić information content (AvgIpc) is 3.23. The molecule has 1 aromatic carbocycles. The SMILES string of the molecule is CCCNCc1cc(Cl)ccc1N(CCC)CC1CC1. The molecule has 2 nitrogen and oxygen atoms in total. The summed E-state index contributed by atoms with van der Waals surface area (Å²) in [6.45, 7) is 8.76. The Morgan fingerprint density at radius 2 is 2.05 bits per heavy atom. The summed E-state index contributed by atoms with van der Waals surface area (Å²) >= 11 is 6.18. The zero-order valence-electron chi connectivity index (χ0n) is 12.8. The van der Waals surface area contributed by atoms with Crippen LogP contribution in [0.3, 0.4) is 0 Å². The van der Waals surface area contributed by atoms with Gasteiger partial charge in [-0.1, -0.05) is 25.4 Å². The fourth-order valence-electron chi connectivity index (χ4n) is 2.60. The van der Waals surface area contributed by atoms with Crippen molar-refractivity contribution in [2.24, 2.45) is 5.92 Å². The zero-order valence-corrected chi connectivity index (χ0v) is 13.5. The van der Waals surface area contributed by atoms with Gasteiger partial charge in [0.1, 0.15) is 0 Å². The van der Waals surface area contributed by atoms with Crippen molar-refractivity contribution in [2.75, 3.05) is 24.5 Å². The van der Waals surface area contributed by atoms with Crippen LogP contribution in [0.25, 0.3) is 0 Å². The molecule has 0 radical (unpaired) electrons. The van der Waals surface area contributed by atoms with E-state index in [1.165, 1.54) is 37.1 Å². The minimum atomic E-state index is 0.838. The molecule has 0 heterocycles. The van der Waals surface area contributed by atoms with Gasteiger partial charge in [0.25, 0.3) is 0 Å². The Hall–Kier alpha value is -0.730. The van der Waals surface area contributed by atoms with Crippen molar-refractivity contribution in [2.45, 2.75) is 46.1 Å². The largest absolute Gasteiger partial charge is 0.371 e. The molecule has 0 amide bonds. The summed E-state index contributed by atoms with van der Waals surface area (Å²) < 4.78 is 0. The van der Waals surface area contributed by atoms with Gasteiger partial charge in [0, 0.05) is 30.3 Å². The minimum Gasteiger partial charge on any atom is -0.371 e. The fraction of sp³-hybridized carbons (Fsp3) is 0.647. The number of nitrogens with one attached hydrogen (secondary N) is 1. The van der Waals surface area contributed by atoms with Crippen molar-refractivity contribution in [1.29, 1.82) is 0 Å². The van der Waals surface area contributed by atoms with Gasteiger partial charge in [-0.3, -0.25) is 0 Å². The second-order valence-electron chi connectivity index (χ2n) is 5.84. The third kappa shape index (κ3) is 4.68. The number of anilines is 1. The highest BCUT2D eigenvalue weighted by Gasteiger charge is 2.25. The third-order valence-electron chi connectivity index (χ3n) is 3.79. The van der Waals surface area contributed by atoms with Crippen LogP contribution in [0.5, 0.6) is 0 Å². The maximum Gasteiger partial charge on any atom is 0.0412 e. The van der Waals surface area contributed by atoms with Crippen LogP contribution in [0.2, 0.25) is 5.02 Å². The quantitative estimate of drug-likeness (QED) is 0.676. The Balaban J connectivity index is 2.12. The van der Waals surface area contributed by atoms with Crippen LogP contribution in [0.1, 0.15) is 45.1 Å². The van der Waals surface area contributed by atoms with Gasteiger partial charge >= 0.3 is 0 Å². The molecule has 1 aromatic rings. The third-order valence-corrected chi connectivity index (χ3v) is 4.03. The van der Waals surface area contributed by atoms with Crippen LogP contribution in [0.4, 0.5) is 5.69 Å². The van der Waals surface area contributed by atoms with Gasteiger partial charge in [-0.2, -0.15) is 0 Å². The van der Waals surface area contributed by atoms with Crippen LogP contribution in [0.15, 0.2) is 18.2 Å². The molecule has 112 valence electrons. The van der Waals surface area contributed by atoms with Gasteiger partial charge in [-0.05, 0) is 61.9 Å². The number of hydrogen-bond acceptors (Lipinski definition) is 2. The van der Waals surface area contributed by atoms with E-state index in [0.717, 1.165) is 37.0 Å². The molecule has 20 heavy (non-hydrogen) atoms. The number of hydrogen-bond donors (Lipinski definition) is 1. The number of rotatable bonds is 9. The van der Waals surface area contributed by atoms with Crippen LogP contribution < -0.4 is 10.2 Å². The fourth-order valence-corrected chi connectivity index (χ4v) is 2.79. The van der Waals surface area contributed by atoms with E-state index in [2.05, 4.69) is 36.2 Å². The van der Waals surface area contributed by atoms with E-state index >= 15 is 0 Å². The van der Waals surface area contributed by atoms with Crippen molar-refractivity contribution in [3.63, 3.8) is 0 Å². The average molecular weight is 295 g/mol. The highest BCUT2D eigenvalue weighted by Crippen LogP contribution is 2.33. The van der Waals surface area contributed by atoms with E-state index in [1.807, 2.05) is 6.07 Å². The molecule has 0 unspecified atom stereocenters. The standard InChI is InChI=1S/C17H27ClN2/c1-3-9-19-12-15-11-16(18)7-8-17(15)20(10-4-2)13-14-5-6-14/h7-8,11,14,19H,3-6,9-10,12-13H2,1-2H3. The van der Waals surface area contributed by atoms with E-state index in [0.29, 0.717) is 0 Å². The first-order chi connectivity index (χ1) is 9.74. The van der Waals surface area contributed by atoms with Crippen molar-refractivity contribution >= 4 is 17.3 Å². The summed E-state index contributed by atoms with van der Waals surface area (Å²) in [6, 6.07) is 6.34. The molecule has 2 rings (SSSR count). The normalized spacial score (nSPS) is 14.6. The molecule has 0 spiro atoms. The predicted octanol–water partition coefficient (Wildman–Crippen LogP) is 4.47. The number of halogens is 1. The van der Waals surface area contributed by atoms with Crippen LogP contribution >= 0.6 is 11.6 Å². The van der Waals surface area contributed by atoms with E-state index in [1.54, 1.807) is 0 Å². The molecule has 1 N–H and O–H groups in total. The second-order valence-corrected chi connectivity index (χ2v) is 6.28. The maximum absolute atomic E-state index is 6.18. The summed E-state index contributed by atoms with van der Waals surface area (Å²) in [4.78, 5) is 2.55. The Morgan fingerprint density at radius 1 is 1.25 bits per heavy atom. The second kappa shape index (κ2) is 7.90. The molecule has 1 saturated carbocycles. The number of benzene rings is 1. The molecule has 0 aliphatic heterocycles. The first-order valence-corrected chi connectivity index (χ1v) is 8.36. The lowest BCUT2D eigenvalue weighted by molar-refractivity contribution is 0.664. The van der Waals surface area contributed by atoms with Crippen LogP contribution in [-0.4, -0.2) is 19.6 Å². The zero-order chi connectivity index (χ0) is 14.4. The molecule has 1 aliphatic carbocycles. The summed E-state index contributed by atoms with van der Waals surface area (Å²) in [6.07, 6.45) is 5.16. The molecule has 1 fully saturated rings. The van der Waals surface area contributed by atoms with Crippen molar-refractivity contribution in [3.8, 4) is 0 Å². The smallest absolute Gasteiger partial charge is 0.0412 e. The first-order valence-electron chi connectivity index (χ1n) is 7.98. The molecule has 0 saturated heterocycles. The maximum atomic E-state index is 6.18. The molecule has 3 heteroatoms. The highest BCUT2D eigenvalue weighted by molar-refractivity contribution is 6.30. The molecular formula is C17H27ClN2. The monoisotopic (exact) mass is 294 g/mol. The molecule has 0 atom stereocenters. The Labute approximate surface area is 128 Å².